The standard InChI is InChI=1S/C6H6N2O3/c1-4-2-7-3-5(9)6(4)8(10)11/h2-3,9H,1H3. The lowest BCUT2D eigenvalue weighted by molar-refractivity contribution is -0.386. The molecule has 1 aromatic rings. The smallest absolute Gasteiger partial charge is 0.316 e. The molecule has 11 heavy (non-hydrogen) atoms. The number of pyridine rings is 1. The van der Waals surface area contributed by atoms with Gasteiger partial charge in [0.05, 0.1) is 11.1 Å². The van der Waals surface area contributed by atoms with Gasteiger partial charge in [-0.15, -0.1) is 0 Å². The summed E-state index contributed by atoms with van der Waals surface area (Å²) in [5.74, 6) is -0.394. The van der Waals surface area contributed by atoms with Crippen molar-refractivity contribution in [3.63, 3.8) is 0 Å². The maximum Gasteiger partial charge on any atom is 0.316 e. The normalized spacial score (nSPS) is 9.55. The molecule has 1 heterocycles. The minimum absolute atomic E-state index is 0.278. The van der Waals surface area contributed by atoms with E-state index in [1.807, 2.05) is 0 Å². The molecule has 1 aromatic heterocycles. The average molecular weight is 154 g/mol. The largest absolute Gasteiger partial charge is 0.501 e. The Balaban J connectivity index is 3.32. The fourth-order valence-corrected chi connectivity index (χ4v) is 0.781. The van der Waals surface area contributed by atoms with Crippen LogP contribution in [0.2, 0.25) is 0 Å². The number of aromatic hydroxyl groups is 1. The Kier molecular flexibility index (Phi) is 1.72. The zero-order chi connectivity index (χ0) is 8.43. The molecule has 0 bridgehead atoms. The van der Waals surface area contributed by atoms with Gasteiger partial charge < -0.3 is 5.11 Å². The van der Waals surface area contributed by atoms with Gasteiger partial charge in [-0.2, -0.15) is 0 Å². The van der Waals surface area contributed by atoms with E-state index < -0.39 is 10.7 Å². The third-order valence-corrected chi connectivity index (χ3v) is 1.26. The van der Waals surface area contributed by atoms with Crippen molar-refractivity contribution in [2.75, 3.05) is 0 Å². The van der Waals surface area contributed by atoms with Gasteiger partial charge in [0.1, 0.15) is 0 Å². The van der Waals surface area contributed by atoms with E-state index in [-0.39, 0.29) is 5.69 Å². The van der Waals surface area contributed by atoms with Crippen LogP contribution >= 0.6 is 0 Å². The monoisotopic (exact) mass is 154 g/mol. The van der Waals surface area contributed by atoms with Gasteiger partial charge in [-0.1, -0.05) is 0 Å². The molecule has 1 N–H and O–H groups in total. The maximum atomic E-state index is 10.3. The van der Waals surface area contributed by atoms with Crippen LogP contribution in [-0.2, 0) is 0 Å². The van der Waals surface area contributed by atoms with Gasteiger partial charge in [0.2, 0.25) is 5.75 Å². The SMILES string of the molecule is Cc1cncc(O)c1[N+](=O)[O-]. The first kappa shape index (κ1) is 7.46. The van der Waals surface area contributed by atoms with Crippen LogP contribution in [0.3, 0.4) is 0 Å². The third-order valence-electron chi connectivity index (χ3n) is 1.26. The zero-order valence-corrected chi connectivity index (χ0v) is 5.81. The minimum atomic E-state index is -0.633. The van der Waals surface area contributed by atoms with Gasteiger partial charge in [-0.25, -0.2) is 0 Å². The highest BCUT2D eigenvalue weighted by Gasteiger charge is 2.15. The van der Waals surface area contributed by atoms with Crippen LogP contribution in [-0.4, -0.2) is 15.0 Å². The lowest BCUT2D eigenvalue weighted by Crippen LogP contribution is -1.92. The summed E-state index contributed by atoms with van der Waals surface area (Å²) in [5, 5.41) is 19.2. The van der Waals surface area contributed by atoms with E-state index in [1.54, 1.807) is 0 Å². The number of rotatable bonds is 1. The first-order valence-electron chi connectivity index (χ1n) is 2.91. The molecule has 5 heteroatoms. The molecule has 0 amide bonds. The van der Waals surface area contributed by atoms with Crippen LogP contribution in [0.15, 0.2) is 12.4 Å². The lowest BCUT2D eigenvalue weighted by Gasteiger charge is -1.96. The Morgan fingerprint density at radius 3 is 2.64 bits per heavy atom. The summed E-state index contributed by atoms with van der Waals surface area (Å²) in [6.07, 6.45) is 2.38. The van der Waals surface area contributed by atoms with Crippen molar-refractivity contribution >= 4 is 5.69 Å². The number of aryl methyl sites for hydroxylation is 1. The van der Waals surface area contributed by atoms with Gasteiger partial charge in [-0.05, 0) is 6.92 Å². The topological polar surface area (TPSA) is 76.3 Å². The first-order valence-corrected chi connectivity index (χ1v) is 2.91. The molecule has 0 saturated heterocycles. The highest BCUT2D eigenvalue weighted by atomic mass is 16.6. The molecule has 1 rings (SSSR count). The number of hydrogen-bond donors (Lipinski definition) is 1. The minimum Gasteiger partial charge on any atom is -0.501 e. The number of nitrogens with zero attached hydrogens (tertiary/aromatic N) is 2. The van der Waals surface area contributed by atoms with Crippen LogP contribution in [0.1, 0.15) is 5.56 Å². The van der Waals surface area contributed by atoms with Crippen molar-refractivity contribution in [1.29, 1.82) is 0 Å². The van der Waals surface area contributed by atoms with Gasteiger partial charge in [0, 0.05) is 11.8 Å². The Bertz CT molecular complexity index is 278. The van der Waals surface area contributed by atoms with Crippen molar-refractivity contribution in [2.24, 2.45) is 0 Å². The van der Waals surface area contributed by atoms with Crippen molar-refractivity contribution in [3.05, 3.63) is 28.1 Å². The second-order valence-electron chi connectivity index (χ2n) is 2.08. The van der Waals surface area contributed by atoms with E-state index in [0.717, 1.165) is 6.20 Å². The van der Waals surface area contributed by atoms with E-state index in [9.17, 15) is 10.1 Å². The predicted molar refractivity (Wildman–Crippen MR) is 37.3 cm³/mol. The van der Waals surface area contributed by atoms with Crippen molar-refractivity contribution < 1.29 is 10.0 Å². The van der Waals surface area contributed by atoms with E-state index in [0.29, 0.717) is 5.56 Å². The summed E-state index contributed by atoms with van der Waals surface area (Å²) in [6.45, 7) is 1.52. The van der Waals surface area contributed by atoms with Crippen molar-refractivity contribution in [1.82, 2.24) is 4.98 Å². The average Bonchev–Trinajstić information content (AvgIpc) is 1.85. The fourth-order valence-electron chi connectivity index (χ4n) is 0.781. The Morgan fingerprint density at radius 2 is 2.27 bits per heavy atom. The molecule has 0 aromatic carbocycles. The molecule has 0 radical (unpaired) electrons. The fraction of sp³-hybridized carbons (Fsp3) is 0.167. The van der Waals surface area contributed by atoms with Crippen molar-refractivity contribution in [2.45, 2.75) is 6.92 Å². The third kappa shape index (κ3) is 1.26. The number of nitro groups is 1. The zero-order valence-electron chi connectivity index (χ0n) is 5.81. The highest BCUT2D eigenvalue weighted by Crippen LogP contribution is 2.26. The van der Waals surface area contributed by atoms with Crippen molar-refractivity contribution in [3.8, 4) is 5.75 Å². The maximum absolute atomic E-state index is 10.3. The summed E-state index contributed by atoms with van der Waals surface area (Å²) in [5.41, 5.74) is 0.0787. The quantitative estimate of drug-likeness (QED) is 0.483. The number of aromatic nitrogens is 1. The number of hydrogen-bond acceptors (Lipinski definition) is 4. The highest BCUT2D eigenvalue weighted by molar-refractivity contribution is 5.48. The summed E-state index contributed by atoms with van der Waals surface area (Å²) in [6, 6.07) is 0. The van der Waals surface area contributed by atoms with E-state index in [2.05, 4.69) is 4.98 Å². The lowest BCUT2D eigenvalue weighted by atomic mass is 10.2. The molecule has 0 aliphatic carbocycles. The molecule has 5 nitrogen and oxygen atoms in total. The van der Waals surface area contributed by atoms with Gasteiger partial charge in [0.25, 0.3) is 0 Å². The molecule has 0 aliphatic heterocycles. The van der Waals surface area contributed by atoms with Crippen LogP contribution in [0.25, 0.3) is 0 Å². The Morgan fingerprint density at radius 1 is 1.64 bits per heavy atom. The van der Waals surface area contributed by atoms with Gasteiger partial charge >= 0.3 is 5.69 Å². The van der Waals surface area contributed by atoms with E-state index >= 15 is 0 Å². The van der Waals surface area contributed by atoms with Crippen LogP contribution in [0, 0.1) is 17.0 Å². The molecular weight excluding hydrogens is 148 g/mol. The van der Waals surface area contributed by atoms with Crippen LogP contribution < -0.4 is 0 Å². The summed E-state index contributed by atoms with van der Waals surface area (Å²) >= 11 is 0. The second kappa shape index (κ2) is 2.53. The Hall–Kier alpha value is -1.65. The van der Waals surface area contributed by atoms with Crippen LogP contribution in [0.5, 0.6) is 5.75 Å². The molecule has 0 unspecified atom stereocenters. The summed E-state index contributed by atoms with van der Waals surface area (Å²) < 4.78 is 0. The second-order valence-corrected chi connectivity index (χ2v) is 2.08. The molecular formula is C6H6N2O3. The van der Waals surface area contributed by atoms with Gasteiger partial charge in [-0.3, -0.25) is 15.1 Å². The predicted octanol–water partition coefficient (Wildman–Crippen LogP) is 1.00. The molecule has 0 fully saturated rings. The summed E-state index contributed by atoms with van der Waals surface area (Å²) in [4.78, 5) is 13.2. The Labute approximate surface area is 62.5 Å². The molecule has 0 aliphatic rings. The molecule has 0 atom stereocenters. The first-order chi connectivity index (χ1) is 5.13. The van der Waals surface area contributed by atoms with Gasteiger partial charge in [0.15, 0.2) is 0 Å². The van der Waals surface area contributed by atoms with Crippen LogP contribution in [0.4, 0.5) is 5.69 Å². The molecule has 0 saturated carbocycles. The molecule has 58 valence electrons. The van der Waals surface area contributed by atoms with E-state index in [4.69, 9.17) is 5.11 Å². The summed E-state index contributed by atoms with van der Waals surface area (Å²) in [7, 11) is 0. The molecule has 0 spiro atoms. The van der Waals surface area contributed by atoms with E-state index in [1.165, 1.54) is 13.1 Å².